The van der Waals surface area contributed by atoms with Gasteiger partial charge in [0, 0.05) is 62.5 Å². The molecule has 0 radical (unpaired) electrons. The molecule has 7 heteroatoms. The van der Waals surface area contributed by atoms with E-state index in [0.717, 1.165) is 43.4 Å². The summed E-state index contributed by atoms with van der Waals surface area (Å²) in [5, 5.41) is 20.5. The SMILES string of the molecule is CC1=NN=C(CCN2CCN(c3ccc(Cl)cc3)CC2)[N+]1(O)c1ccccc1. The second-order valence-electron chi connectivity index (χ2n) is 7.19. The molecule has 2 aliphatic heterocycles. The van der Waals surface area contributed by atoms with Crippen molar-refractivity contribution in [3.63, 3.8) is 0 Å². The fourth-order valence-electron chi connectivity index (χ4n) is 3.78. The normalized spacial score (nSPS) is 22.9. The molecule has 2 aromatic carbocycles. The molecular formula is C21H25ClN5O+. The van der Waals surface area contributed by atoms with Gasteiger partial charge in [-0.3, -0.25) is 4.90 Å². The molecule has 1 N–H and O–H groups in total. The highest BCUT2D eigenvalue weighted by Gasteiger charge is 2.44. The molecule has 0 aromatic heterocycles. The monoisotopic (exact) mass is 398 g/mol. The smallest absolute Gasteiger partial charge is 0.267 e. The third kappa shape index (κ3) is 3.69. The van der Waals surface area contributed by atoms with Gasteiger partial charge in [0.1, 0.15) is 0 Å². The van der Waals surface area contributed by atoms with E-state index in [1.807, 2.05) is 49.4 Å². The number of rotatable bonds is 5. The number of halogens is 1. The van der Waals surface area contributed by atoms with Crippen LogP contribution in [0.1, 0.15) is 13.3 Å². The maximum atomic E-state index is 11.3. The summed E-state index contributed by atoms with van der Waals surface area (Å²) in [5.74, 6) is 1.25. The Balaban J connectivity index is 1.35. The van der Waals surface area contributed by atoms with E-state index >= 15 is 0 Å². The van der Waals surface area contributed by atoms with Gasteiger partial charge in [0.2, 0.25) is 0 Å². The number of para-hydroxylation sites is 1. The Morgan fingerprint density at radius 1 is 0.964 bits per heavy atom. The van der Waals surface area contributed by atoms with Crippen molar-refractivity contribution in [3.05, 3.63) is 59.6 Å². The minimum absolute atomic E-state index is 0.397. The van der Waals surface area contributed by atoms with Crippen molar-refractivity contribution in [1.29, 1.82) is 0 Å². The molecule has 0 aliphatic carbocycles. The number of benzene rings is 2. The van der Waals surface area contributed by atoms with Crippen molar-refractivity contribution >= 4 is 34.6 Å². The van der Waals surface area contributed by atoms with Gasteiger partial charge in [-0.05, 0) is 24.3 Å². The highest BCUT2D eigenvalue weighted by molar-refractivity contribution is 6.30. The van der Waals surface area contributed by atoms with Crippen molar-refractivity contribution in [2.75, 3.05) is 37.6 Å². The standard InChI is InChI=1S/C21H25ClN5O/c1-17-23-24-21(27(17,28)20-5-3-2-4-6-20)11-12-25-13-15-26(16-14-25)19-9-7-18(22)8-10-19/h2-10,28H,11-16H2,1H3/q+1. The molecule has 0 saturated carbocycles. The molecule has 2 aromatic rings. The van der Waals surface area contributed by atoms with Gasteiger partial charge < -0.3 is 4.90 Å². The number of piperazine rings is 1. The zero-order valence-electron chi connectivity index (χ0n) is 16.0. The number of anilines is 1. The summed E-state index contributed by atoms with van der Waals surface area (Å²) >= 11 is 5.99. The third-order valence-electron chi connectivity index (χ3n) is 5.50. The number of hydroxylamine groups is 2. The lowest BCUT2D eigenvalue weighted by atomic mass is 10.2. The predicted octanol–water partition coefficient (Wildman–Crippen LogP) is 3.99. The zero-order valence-corrected chi connectivity index (χ0v) is 16.8. The van der Waals surface area contributed by atoms with Crippen LogP contribution in [0.4, 0.5) is 11.4 Å². The first-order valence-electron chi connectivity index (χ1n) is 9.60. The van der Waals surface area contributed by atoms with Crippen molar-refractivity contribution in [3.8, 4) is 0 Å². The van der Waals surface area contributed by atoms with Gasteiger partial charge >= 0.3 is 0 Å². The molecule has 0 amide bonds. The van der Waals surface area contributed by atoms with Crippen LogP contribution in [0.25, 0.3) is 0 Å². The minimum atomic E-state index is -0.397. The Labute approximate surface area is 170 Å². The summed E-state index contributed by atoms with van der Waals surface area (Å²) in [6.07, 6.45) is 0.674. The Kier molecular flexibility index (Phi) is 5.46. The molecule has 0 spiro atoms. The Morgan fingerprint density at radius 2 is 1.64 bits per heavy atom. The first-order chi connectivity index (χ1) is 13.6. The van der Waals surface area contributed by atoms with Gasteiger partial charge in [-0.15, -0.1) is 0 Å². The molecule has 2 heterocycles. The van der Waals surface area contributed by atoms with E-state index in [4.69, 9.17) is 11.6 Å². The van der Waals surface area contributed by atoms with Gasteiger partial charge in [0.05, 0.1) is 6.42 Å². The summed E-state index contributed by atoms with van der Waals surface area (Å²) in [5.41, 5.74) is 1.98. The fourth-order valence-corrected chi connectivity index (χ4v) is 3.90. The Morgan fingerprint density at radius 3 is 2.32 bits per heavy atom. The quantitative estimate of drug-likeness (QED) is 0.774. The second kappa shape index (κ2) is 8.01. The second-order valence-corrected chi connectivity index (χ2v) is 7.63. The van der Waals surface area contributed by atoms with Gasteiger partial charge in [-0.1, -0.05) is 44.6 Å². The molecule has 4 rings (SSSR count). The Hall–Kier alpha value is -2.25. The summed E-state index contributed by atoms with van der Waals surface area (Å²) in [6, 6.07) is 17.6. The van der Waals surface area contributed by atoms with Crippen LogP contribution in [-0.2, 0) is 0 Å². The third-order valence-corrected chi connectivity index (χ3v) is 5.75. The number of hydrogen-bond donors (Lipinski definition) is 1. The van der Waals surface area contributed by atoms with Crippen molar-refractivity contribution < 1.29 is 5.21 Å². The predicted molar refractivity (Wildman–Crippen MR) is 115 cm³/mol. The molecule has 2 aliphatic rings. The molecule has 1 fully saturated rings. The van der Waals surface area contributed by atoms with E-state index in [0.29, 0.717) is 18.1 Å². The van der Waals surface area contributed by atoms with Crippen molar-refractivity contribution in [2.24, 2.45) is 10.2 Å². The number of quaternary nitrogens is 1. The molecule has 1 unspecified atom stereocenters. The van der Waals surface area contributed by atoms with Crippen LogP contribution in [0.3, 0.4) is 0 Å². The molecule has 1 saturated heterocycles. The van der Waals surface area contributed by atoms with Crippen LogP contribution in [0.2, 0.25) is 5.02 Å². The van der Waals surface area contributed by atoms with Crippen molar-refractivity contribution in [2.45, 2.75) is 13.3 Å². The average molecular weight is 399 g/mol. The lowest BCUT2D eigenvalue weighted by Gasteiger charge is -2.36. The minimum Gasteiger partial charge on any atom is -0.369 e. The maximum Gasteiger partial charge on any atom is 0.267 e. The van der Waals surface area contributed by atoms with Crippen LogP contribution in [0.15, 0.2) is 64.8 Å². The Bertz CT molecular complexity index is 875. The molecule has 1 atom stereocenters. The maximum absolute atomic E-state index is 11.3. The lowest BCUT2D eigenvalue weighted by Crippen LogP contribution is -2.54. The summed E-state index contributed by atoms with van der Waals surface area (Å²) in [6.45, 7) is 6.57. The molecular weight excluding hydrogens is 374 g/mol. The lowest BCUT2D eigenvalue weighted by molar-refractivity contribution is 0.0677. The van der Waals surface area contributed by atoms with Gasteiger partial charge in [-0.25, -0.2) is 0 Å². The van der Waals surface area contributed by atoms with Gasteiger partial charge in [0.15, 0.2) is 5.69 Å². The largest absolute Gasteiger partial charge is 0.369 e. The molecule has 0 bridgehead atoms. The zero-order chi connectivity index (χ0) is 19.6. The summed E-state index contributed by atoms with van der Waals surface area (Å²) in [7, 11) is 0. The van der Waals surface area contributed by atoms with E-state index < -0.39 is 4.65 Å². The van der Waals surface area contributed by atoms with Gasteiger partial charge in [0.25, 0.3) is 11.7 Å². The van der Waals surface area contributed by atoms with Crippen LogP contribution in [0, 0.1) is 0 Å². The topological polar surface area (TPSA) is 51.4 Å². The van der Waals surface area contributed by atoms with Crippen LogP contribution < -0.4 is 9.55 Å². The van der Waals surface area contributed by atoms with Crippen LogP contribution >= 0.6 is 11.6 Å². The van der Waals surface area contributed by atoms with E-state index in [-0.39, 0.29) is 0 Å². The fraction of sp³-hybridized carbons (Fsp3) is 0.333. The van der Waals surface area contributed by atoms with E-state index in [1.165, 1.54) is 5.69 Å². The first kappa shape index (κ1) is 19.1. The first-order valence-corrected chi connectivity index (χ1v) is 9.98. The number of amidine groups is 2. The molecule has 28 heavy (non-hydrogen) atoms. The molecule has 6 nitrogen and oxygen atoms in total. The number of nitrogens with zero attached hydrogens (tertiary/aromatic N) is 5. The summed E-state index contributed by atoms with van der Waals surface area (Å²) in [4.78, 5) is 4.79. The van der Waals surface area contributed by atoms with Gasteiger partial charge in [-0.2, -0.15) is 5.21 Å². The van der Waals surface area contributed by atoms with E-state index in [2.05, 4.69) is 32.1 Å². The summed E-state index contributed by atoms with van der Waals surface area (Å²) < 4.78 is -0.397. The van der Waals surface area contributed by atoms with Crippen LogP contribution in [-0.4, -0.2) is 54.5 Å². The van der Waals surface area contributed by atoms with E-state index in [1.54, 1.807) is 0 Å². The highest BCUT2D eigenvalue weighted by Crippen LogP contribution is 2.27. The van der Waals surface area contributed by atoms with Crippen LogP contribution in [0.5, 0.6) is 0 Å². The highest BCUT2D eigenvalue weighted by atomic mass is 35.5. The average Bonchev–Trinajstić information content (AvgIpc) is 3.03. The van der Waals surface area contributed by atoms with E-state index in [9.17, 15) is 5.21 Å². The molecule has 146 valence electrons. The number of hydrogen-bond acceptors (Lipinski definition) is 5. The van der Waals surface area contributed by atoms with Crippen molar-refractivity contribution in [1.82, 2.24) is 9.55 Å².